The van der Waals surface area contributed by atoms with Crippen LogP contribution in [0.15, 0.2) is 53.6 Å². The summed E-state index contributed by atoms with van der Waals surface area (Å²) in [6.07, 6.45) is 4.75. The Bertz CT molecular complexity index is 1210. The maximum atomic E-state index is 12.4. The van der Waals surface area contributed by atoms with Gasteiger partial charge in [0, 0.05) is 23.6 Å². The third-order valence-electron chi connectivity index (χ3n) is 6.30. The van der Waals surface area contributed by atoms with Crippen LogP contribution in [0.5, 0.6) is 5.75 Å². The molecule has 3 aromatic rings. The van der Waals surface area contributed by atoms with E-state index in [0.29, 0.717) is 25.4 Å². The molecule has 1 aliphatic heterocycles. The number of ether oxygens (including phenoxy) is 1. The van der Waals surface area contributed by atoms with Crippen LogP contribution in [0, 0.1) is 0 Å². The van der Waals surface area contributed by atoms with Gasteiger partial charge in [-0.15, -0.1) is 0 Å². The smallest absolute Gasteiger partial charge is 0.238 e. The van der Waals surface area contributed by atoms with Gasteiger partial charge in [0.15, 0.2) is 0 Å². The Hall–Kier alpha value is -2.88. The number of nitrogens with zero attached hydrogens (tertiary/aromatic N) is 1. The molecule has 9 heteroatoms. The summed E-state index contributed by atoms with van der Waals surface area (Å²) in [5.74, 6) is 1.33. The summed E-state index contributed by atoms with van der Waals surface area (Å²) in [7, 11) is -2.00. The average molecular weight is 471 g/mol. The van der Waals surface area contributed by atoms with Gasteiger partial charge in [-0.25, -0.2) is 13.6 Å². The van der Waals surface area contributed by atoms with E-state index in [-0.39, 0.29) is 10.8 Å². The summed E-state index contributed by atoms with van der Waals surface area (Å²) in [5, 5.41) is 9.28. The molecule has 4 N–H and O–H groups in total. The van der Waals surface area contributed by atoms with Gasteiger partial charge < -0.3 is 15.0 Å². The van der Waals surface area contributed by atoms with Gasteiger partial charge in [-0.3, -0.25) is 9.69 Å². The number of carbonyl (C=O) groups is 1. The van der Waals surface area contributed by atoms with E-state index < -0.39 is 10.0 Å². The second-order valence-corrected chi connectivity index (χ2v) is 10.1. The minimum absolute atomic E-state index is 0.00596. The number of sulfonamides is 1. The number of methoxy groups -OCH3 is 1. The highest BCUT2D eigenvalue weighted by Crippen LogP contribution is 2.34. The van der Waals surface area contributed by atoms with Gasteiger partial charge >= 0.3 is 0 Å². The molecule has 1 fully saturated rings. The number of nitrogens with one attached hydrogen (secondary N) is 2. The Kier molecular flexibility index (Phi) is 7.02. The molecule has 0 unspecified atom stereocenters. The van der Waals surface area contributed by atoms with Crippen LogP contribution < -0.4 is 15.2 Å². The van der Waals surface area contributed by atoms with E-state index in [1.54, 1.807) is 19.2 Å². The molecule has 2 heterocycles. The summed E-state index contributed by atoms with van der Waals surface area (Å²) >= 11 is 0. The highest BCUT2D eigenvalue weighted by atomic mass is 32.2. The zero-order chi connectivity index (χ0) is 23.4. The molecular weight excluding hydrogens is 440 g/mol. The number of hydrogen-bond donors (Lipinski definition) is 3. The number of fused-ring (bicyclic) bond motifs is 1. The first kappa shape index (κ1) is 23.3. The first-order valence-corrected chi connectivity index (χ1v) is 12.6. The number of nitrogens with two attached hydrogens (primary N) is 1. The van der Waals surface area contributed by atoms with Crippen LogP contribution in [0.4, 0.5) is 0 Å². The van der Waals surface area contributed by atoms with Crippen molar-refractivity contribution in [1.82, 2.24) is 15.2 Å². The second kappa shape index (κ2) is 9.94. The summed E-state index contributed by atoms with van der Waals surface area (Å²) in [4.78, 5) is 18.0. The number of hydrogen-bond acceptors (Lipinski definition) is 5. The van der Waals surface area contributed by atoms with Gasteiger partial charge in [0.1, 0.15) is 5.75 Å². The van der Waals surface area contributed by atoms with Crippen molar-refractivity contribution in [3.8, 4) is 5.75 Å². The van der Waals surface area contributed by atoms with Gasteiger partial charge in [-0.1, -0.05) is 12.1 Å². The van der Waals surface area contributed by atoms with Crippen LogP contribution >= 0.6 is 0 Å². The first-order valence-electron chi connectivity index (χ1n) is 11.1. The summed E-state index contributed by atoms with van der Waals surface area (Å²) < 4.78 is 28.0. The van der Waals surface area contributed by atoms with E-state index in [2.05, 4.69) is 27.5 Å². The van der Waals surface area contributed by atoms with E-state index >= 15 is 0 Å². The molecule has 8 nitrogen and oxygen atoms in total. The number of benzene rings is 2. The fourth-order valence-corrected chi connectivity index (χ4v) is 4.95. The van der Waals surface area contributed by atoms with E-state index in [9.17, 15) is 13.2 Å². The van der Waals surface area contributed by atoms with E-state index in [4.69, 9.17) is 9.88 Å². The van der Waals surface area contributed by atoms with E-state index in [0.717, 1.165) is 42.8 Å². The largest absolute Gasteiger partial charge is 0.497 e. The molecule has 1 aliphatic rings. The van der Waals surface area contributed by atoms with Crippen molar-refractivity contribution in [3.63, 3.8) is 0 Å². The Morgan fingerprint density at radius 2 is 1.91 bits per heavy atom. The van der Waals surface area contributed by atoms with Gasteiger partial charge in [0.2, 0.25) is 15.9 Å². The average Bonchev–Trinajstić information content (AvgIpc) is 3.22. The van der Waals surface area contributed by atoms with Crippen molar-refractivity contribution in [2.45, 2.75) is 30.1 Å². The molecule has 176 valence electrons. The monoisotopic (exact) mass is 470 g/mol. The summed E-state index contributed by atoms with van der Waals surface area (Å²) in [6.45, 7) is 2.65. The fourth-order valence-electron chi connectivity index (χ4n) is 4.44. The van der Waals surface area contributed by atoms with Crippen molar-refractivity contribution < 1.29 is 17.9 Å². The van der Waals surface area contributed by atoms with Crippen LogP contribution in [0.1, 0.15) is 29.9 Å². The Labute approximate surface area is 194 Å². The molecule has 1 saturated heterocycles. The minimum Gasteiger partial charge on any atom is -0.497 e. The van der Waals surface area contributed by atoms with Crippen molar-refractivity contribution in [2.24, 2.45) is 5.14 Å². The number of aromatic nitrogens is 1. The quantitative estimate of drug-likeness (QED) is 0.467. The molecular formula is C24H30N4O4S. The van der Waals surface area contributed by atoms with Crippen molar-refractivity contribution in [3.05, 3.63) is 59.8 Å². The van der Waals surface area contributed by atoms with Gasteiger partial charge in [0.25, 0.3) is 0 Å². The summed E-state index contributed by atoms with van der Waals surface area (Å²) in [5.41, 5.74) is 3.38. The molecule has 0 saturated carbocycles. The second-order valence-electron chi connectivity index (χ2n) is 8.49. The minimum atomic E-state index is -3.69. The number of likely N-dealkylation sites (tertiary alicyclic amines) is 1. The lowest BCUT2D eigenvalue weighted by Crippen LogP contribution is -2.41. The number of amides is 1. The number of piperidine rings is 1. The van der Waals surface area contributed by atoms with E-state index in [1.807, 2.05) is 12.1 Å². The zero-order valence-corrected chi connectivity index (χ0v) is 19.5. The Balaban J connectivity index is 1.23. The molecule has 33 heavy (non-hydrogen) atoms. The number of H-pyrrole nitrogens is 1. The van der Waals surface area contributed by atoms with Crippen molar-refractivity contribution in [2.75, 3.05) is 33.3 Å². The topological polar surface area (TPSA) is 118 Å². The SMILES string of the molecule is COc1ccc2[nH]cc(C3CCN(CC(=O)NCCc4ccc(S(N)(=O)=O)cc4)CC3)c2c1. The molecule has 2 aromatic carbocycles. The fraction of sp³-hybridized carbons (Fsp3) is 0.375. The molecule has 4 rings (SSSR count). The maximum Gasteiger partial charge on any atom is 0.238 e. The van der Waals surface area contributed by atoms with Crippen molar-refractivity contribution >= 4 is 26.8 Å². The van der Waals surface area contributed by atoms with Crippen LogP contribution in [-0.4, -0.2) is 57.5 Å². The van der Waals surface area contributed by atoms with Crippen LogP contribution in [0.25, 0.3) is 10.9 Å². The van der Waals surface area contributed by atoms with Gasteiger partial charge in [-0.2, -0.15) is 0 Å². The zero-order valence-electron chi connectivity index (χ0n) is 18.7. The predicted octanol–water partition coefficient (Wildman–Crippen LogP) is 2.36. The summed E-state index contributed by atoms with van der Waals surface area (Å²) in [6, 6.07) is 12.5. The van der Waals surface area contributed by atoms with Crippen LogP contribution in [0.2, 0.25) is 0 Å². The molecule has 1 aromatic heterocycles. The van der Waals surface area contributed by atoms with Crippen LogP contribution in [-0.2, 0) is 21.2 Å². The lowest BCUT2D eigenvalue weighted by Gasteiger charge is -2.31. The third kappa shape index (κ3) is 5.73. The standard InChI is InChI=1S/C24H30N4O4S/c1-32-19-4-7-23-21(14-19)22(15-27-23)18-9-12-28(13-10-18)16-24(29)26-11-8-17-2-5-20(6-3-17)33(25,30)31/h2-7,14-15,18,27H,8-13,16H2,1H3,(H,26,29)(H2,25,30,31). The maximum absolute atomic E-state index is 12.4. The molecule has 0 atom stereocenters. The number of carbonyl (C=O) groups excluding carboxylic acids is 1. The van der Waals surface area contributed by atoms with Crippen LogP contribution in [0.3, 0.4) is 0 Å². The molecule has 1 amide bonds. The first-order chi connectivity index (χ1) is 15.8. The highest BCUT2D eigenvalue weighted by molar-refractivity contribution is 7.89. The Morgan fingerprint density at radius 3 is 2.58 bits per heavy atom. The van der Waals surface area contributed by atoms with Gasteiger partial charge in [-0.05, 0) is 79.7 Å². The lowest BCUT2D eigenvalue weighted by atomic mass is 9.89. The molecule has 0 bridgehead atoms. The highest BCUT2D eigenvalue weighted by Gasteiger charge is 2.24. The molecule has 0 radical (unpaired) electrons. The normalized spacial score (nSPS) is 15.6. The Morgan fingerprint density at radius 1 is 1.18 bits per heavy atom. The number of primary sulfonamides is 1. The third-order valence-corrected chi connectivity index (χ3v) is 7.23. The van der Waals surface area contributed by atoms with Gasteiger partial charge in [0.05, 0.1) is 18.6 Å². The van der Waals surface area contributed by atoms with E-state index in [1.165, 1.54) is 23.1 Å². The van der Waals surface area contributed by atoms with Crippen molar-refractivity contribution in [1.29, 1.82) is 0 Å². The number of rotatable bonds is 8. The molecule has 0 spiro atoms. The predicted molar refractivity (Wildman–Crippen MR) is 128 cm³/mol. The molecule has 0 aliphatic carbocycles. The number of aromatic amines is 1. The lowest BCUT2D eigenvalue weighted by molar-refractivity contribution is -0.122.